The Balaban J connectivity index is 3.10. The zero-order valence-electron chi connectivity index (χ0n) is 4.56. The number of carbonyl (C=O) groups excluding carboxylic acids is 1. The van der Waals surface area contributed by atoms with E-state index in [-0.39, 0.29) is 4.88 Å². The van der Waals surface area contributed by atoms with E-state index in [1.54, 1.807) is 0 Å². The highest BCUT2D eigenvalue weighted by Gasteiger charge is 2.03. The molecule has 0 aromatic carbocycles. The number of carbonyl (C=O) groups is 1. The van der Waals surface area contributed by atoms with Gasteiger partial charge in [-0.1, -0.05) is 0 Å². The average molecular weight is 285 g/mol. The van der Waals surface area contributed by atoms with Gasteiger partial charge in [0.25, 0.3) is 0 Å². The molecule has 0 aliphatic carbocycles. The second-order valence-electron chi connectivity index (χ2n) is 1.52. The molecule has 0 N–H and O–H groups in total. The fourth-order valence-electron chi connectivity index (χ4n) is 0.447. The standard InChI is InChI=1S/C5H2Br2O2S/c6-2-1-3(5(8)9)10-4(2)7/h1H,(H,8,9)/p-1. The summed E-state index contributed by atoms with van der Waals surface area (Å²) < 4.78 is 1.52. The lowest BCUT2D eigenvalue weighted by atomic mass is 10.5. The summed E-state index contributed by atoms with van der Waals surface area (Å²) in [6.07, 6.45) is 0. The Labute approximate surface area is 78.1 Å². The van der Waals surface area contributed by atoms with E-state index in [0.717, 1.165) is 19.6 Å². The number of rotatable bonds is 1. The van der Waals surface area contributed by atoms with Crippen LogP contribution in [-0.2, 0) is 0 Å². The topological polar surface area (TPSA) is 40.1 Å². The van der Waals surface area contributed by atoms with Crippen LogP contribution in [0.5, 0.6) is 0 Å². The van der Waals surface area contributed by atoms with E-state index in [4.69, 9.17) is 0 Å². The Morgan fingerprint density at radius 2 is 2.20 bits per heavy atom. The van der Waals surface area contributed by atoms with E-state index in [1.807, 2.05) is 0 Å². The number of hydrogen-bond acceptors (Lipinski definition) is 3. The first-order valence-electron chi connectivity index (χ1n) is 2.27. The van der Waals surface area contributed by atoms with Crippen LogP contribution in [0.1, 0.15) is 9.67 Å². The number of aromatic carboxylic acids is 1. The molecular weight excluding hydrogens is 284 g/mol. The van der Waals surface area contributed by atoms with Crippen molar-refractivity contribution in [2.45, 2.75) is 0 Å². The Morgan fingerprint density at radius 1 is 1.60 bits per heavy atom. The van der Waals surface area contributed by atoms with Crippen LogP contribution in [0.4, 0.5) is 0 Å². The molecule has 0 saturated carbocycles. The smallest absolute Gasteiger partial charge is 0.0847 e. The van der Waals surface area contributed by atoms with Crippen LogP contribution in [0.2, 0.25) is 0 Å². The summed E-state index contributed by atoms with van der Waals surface area (Å²) in [7, 11) is 0. The number of halogens is 2. The zero-order valence-corrected chi connectivity index (χ0v) is 8.55. The van der Waals surface area contributed by atoms with Crippen LogP contribution < -0.4 is 5.11 Å². The predicted molar refractivity (Wildman–Crippen MR) is 44.0 cm³/mol. The van der Waals surface area contributed by atoms with Gasteiger partial charge in [-0.2, -0.15) is 0 Å². The lowest BCUT2D eigenvalue weighted by molar-refractivity contribution is -0.254. The quantitative estimate of drug-likeness (QED) is 0.787. The van der Waals surface area contributed by atoms with Gasteiger partial charge in [0.2, 0.25) is 0 Å². The maximum absolute atomic E-state index is 10.2. The van der Waals surface area contributed by atoms with Gasteiger partial charge >= 0.3 is 0 Å². The molecule has 0 bridgehead atoms. The Bertz CT molecular complexity index is 249. The van der Waals surface area contributed by atoms with Crippen LogP contribution in [0.25, 0.3) is 0 Å². The van der Waals surface area contributed by atoms with Crippen molar-refractivity contribution in [1.29, 1.82) is 0 Å². The molecule has 5 heteroatoms. The normalized spacial score (nSPS) is 9.80. The first kappa shape index (κ1) is 8.23. The van der Waals surface area contributed by atoms with Gasteiger partial charge in [-0.25, -0.2) is 0 Å². The van der Waals surface area contributed by atoms with Crippen molar-refractivity contribution in [3.8, 4) is 0 Å². The van der Waals surface area contributed by atoms with Gasteiger partial charge < -0.3 is 9.90 Å². The van der Waals surface area contributed by atoms with Crippen molar-refractivity contribution < 1.29 is 9.90 Å². The van der Waals surface area contributed by atoms with Crippen molar-refractivity contribution in [2.24, 2.45) is 0 Å². The van der Waals surface area contributed by atoms with Crippen molar-refractivity contribution in [3.63, 3.8) is 0 Å². The number of carboxylic acids is 1. The summed E-state index contributed by atoms with van der Waals surface area (Å²) in [5.74, 6) is -1.14. The van der Waals surface area contributed by atoms with Crippen molar-refractivity contribution in [3.05, 3.63) is 19.2 Å². The lowest BCUT2D eigenvalue weighted by Crippen LogP contribution is -2.20. The molecule has 0 aliphatic heterocycles. The molecule has 54 valence electrons. The highest BCUT2D eigenvalue weighted by Crippen LogP contribution is 2.31. The van der Waals surface area contributed by atoms with E-state index < -0.39 is 5.97 Å². The largest absolute Gasteiger partial charge is 0.544 e. The molecule has 0 aliphatic rings. The summed E-state index contributed by atoms with van der Waals surface area (Å²) in [5.41, 5.74) is 0. The van der Waals surface area contributed by atoms with Gasteiger partial charge in [0.05, 0.1) is 14.6 Å². The second kappa shape index (κ2) is 3.02. The first-order valence-corrected chi connectivity index (χ1v) is 4.67. The van der Waals surface area contributed by atoms with Gasteiger partial charge in [-0.05, 0) is 37.9 Å². The SMILES string of the molecule is O=C([O-])c1cc(Br)c(Br)s1. The highest BCUT2D eigenvalue weighted by atomic mass is 79.9. The maximum atomic E-state index is 10.2. The summed E-state index contributed by atoms with van der Waals surface area (Å²) in [6, 6.07) is 1.50. The molecule has 0 fully saturated rings. The van der Waals surface area contributed by atoms with Gasteiger partial charge in [0.15, 0.2) is 0 Å². The Kier molecular flexibility index (Phi) is 2.49. The molecule has 1 heterocycles. The molecule has 0 unspecified atom stereocenters. The van der Waals surface area contributed by atoms with E-state index in [0.29, 0.717) is 0 Å². The fraction of sp³-hybridized carbons (Fsp3) is 0. The predicted octanol–water partition coefficient (Wildman–Crippen LogP) is 1.64. The minimum absolute atomic E-state index is 0.221. The zero-order chi connectivity index (χ0) is 7.72. The third kappa shape index (κ3) is 1.59. The molecule has 0 amide bonds. The van der Waals surface area contributed by atoms with Crippen molar-refractivity contribution in [2.75, 3.05) is 0 Å². The summed E-state index contributed by atoms with van der Waals surface area (Å²) in [4.78, 5) is 10.4. The monoisotopic (exact) mass is 283 g/mol. The number of carboxylic acid groups (broad SMARTS) is 1. The number of thiophene rings is 1. The minimum Gasteiger partial charge on any atom is -0.544 e. The lowest BCUT2D eigenvalue weighted by Gasteiger charge is -1.92. The third-order valence-corrected chi connectivity index (χ3v) is 4.08. The van der Waals surface area contributed by atoms with Crippen LogP contribution in [0.15, 0.2) is 14.3 Å². The molecule has 1 aromatic rings. The van der Waals surface area contributed by atoms with E-state index in [9.17, 15) is 9.90 Å². The van der Waals surface area contributed by atoms with Gasteiger partial charge in [0.1, 0.15) is 0 Å². The van der Waals surface area contributed by atoms with Crippen LogP contribution in [-0.4, -0.2) is 5.97 Å². The molecule has 0 saturated heterocycles. The second-order valence-corrected chi connectivity index (χ2v) is 4.74. The Morgan fingerprint density at radius 3 is 2.40 bits per heavy atom. The van der Waals surface area contributed by atoms with Crippen molar-refractivity contribution >= 4 is 49.2 Å². The summed E-state index contributed by atoms with van der Waals surface area (Å²) in [6.45, 7) is 0. The molecule has 1 aromatic heterocycles. The third-order valence-electron chi connectivity index (χ3n) is 0.846. The maximum Gasteiger partial charge on any atom is 0.0847 e. The van der Waals surface area contributed by atoms with Gasteiger partial charge in [-0.15, -0.1) is 11.3 Å². The van der Waals surface area contributed by atoms with E-state index in [2.05, 4.69) is 31.9 Å². The molecule has 0 spiro atoms. The first-order chi connectivity index (χ1) is 4.61. The minimum atomic E-state index is -1.14. The fourth-order valence-corrected chi connectivity index (χ4v) is 2.32. The molecule has 10 heavy (non-hydrogen) atoms. The van der Waals surface area contributed by atoms with Crippen molar-refractivity contribution in [1.82, 2.24) is 0 Å². The molecular formula is C5HBr2O2S-. The van der Waals surface area contributed by atoms with Crippen LogP contribution >= 0.6 is 43.2 Å². The Hall–Kier alpha value is 0.130. The van der Waals surface area contributed by atoms with Gasteiger partial charge in [-0.3, -0.25) is 0 Å². The average Bonchev–Trinajstić information content (AvgIpc) is 2.13. The van der Waals surface area contributed by atoms with Crippen LogP contribution in [0, 0.1) is 0 Å². The molecule has 1 rings (SSSR count). The molecule has 2 nitrogen and oxygen atoms in total. The highest BCUT2D eigenvalue weighted by molar-refractivity contribution is 9.13. The van der Waals surface area contributed by atoms with Gasteiger partial charge in [0, 0.05) is 4.47 Å². The van der Waals surface area contributed by atoms with Crippen LogP contribution in [0.3, 0.4) is 0 Å². The number of hydrogen-bond donors (Lipinski definition) is 0. The summed E-state index contributed by atoms with van der Waals surface area (Å²) >= 11 is 7.45. The summed E-state index contributed by atoms with van der Waals surface area (Å²) in [5, 5.41) is 10.2. The molecule has 0 radical (unpaired) electrons. The van der Waals surface area contributed by atoms with E-state index in [1.165, 1.54) is 6.07 Å². The molecule has 0 atom stereocenters. The van der Waals surface area contributed by atoms with E-state index >= 15 is 0 Å².